The van der Waals surface area contributed by atoms with Crippen molar-refractivity contribution in [3.8, 4) is 11.5 Å². The highest BCUT2D eigenvalue weighted by atomic mass is 35.5. The number of para-hydroxylation sites is 1. The zero-order valence-electron chi connectivity index (χ0n) is 13.0. The van der Waals surface area contributed by atoms with Crippen molar-refractivity contribution in [3.63, 3.8) is 0 Å². The predicted octanol–water partition coefficient (Wildman–Crippen LogP) is 2.01. The van der Waals surface area contributed by atoms with Crippen LogP contribution in [0.2, 0.25) is 0 Å². The molecule has 0 atom stereocenters. The van der Waals surface area contributed by atoms with Crippen LogP contribution in [0.25, 0.3) is 22.6 Å². The summed E-state index contributed by atoms with van der Waals surface area (Å²) in [5.74, 6) is 1.29. The highest BCUT2D eigenvalue weighted by Crippen LogP contribution is 2.37. The van der Waals surface area contributed by atoms with Crippen LogP contribution in [0.3, 0.4) is 0 Å². The van der Waals surface area contributed by atoms with Gasteiger partial charge >= 0.3 is 11.3 Å². The van der Waals surface area contributed by atoms with E-state index in [0.717, 1.165) is 41.5 Å². The number of fused-ring (bicyclic) bond motifs is 2. The predicted molar refractivity (Wildman–Crippen MR) is 91.2 cm³/mol. The molecule has 1 aliphatic carbocycles. The molecular formula is C20H17ClO3. The van der Waals surface area contributed by atoms with Gasteiger partial charge in [-0.25, -0.2) is 4.42 Å². The highest BCUT2D eigenvalue weighted by molar-refractivity contribution is 5.88. The maximum atomic E-state index is 10.0. The summed E-state index contributed by atoms with van der Waals surface area (Å²) in [5.41, 5.74) is 3.87. The molecule has 0 saturated heterocycles. The molecule has 4 heteroatoms. The molecule has 0 unspecified atom stereocenters. The van der Waals surface area contributed by atoms with Crippen molar-refractivity contribution >= 4 is 22.6 Å². The number of phenolic OH excluding ortho intramolecular Hbond substituents is 2. The smallest absolute Gasteiger partial charge is 0.401 e. The van der Waals surface area contributed by atoms with E-state index in [2.05, 4.69) is 12.1 Å². The van der Waals surface area contributed by atoms with Gasteiger partial charge in [0.05, 0.1) is 16.5 Å². The molecule has 0 amide bonds. The normalized spacial score (nSPS) is 15.1. The summed E-state index contributed by atoms with van der Waals surface area (Å²) >= 11 is 0. The average Bonchev–Trinajstić information content (AvgIpc) is 2.56. The first-order valence-corrected chi connectivity index (χ1v) is 7.78. The van der Waals surface area contributed by atoms with Gasteiger partial charge in [0.25, 0.3) is 0 Å². The number of allylic oxidation sites excluding steroid dienone is 1. The van der Waals surface area contributed by atoms with Gasteiger partial charge in [0.15, 0.2) is 0 Å². The summed E-state index contributed by atoms with van der Waals surface area (Å²) in [5, 5.41) is 20.4. The van der Waals surface area contributed by atoms with Crippen LogP contribution in [-0.2, 0) is 6.42 Å². The largest absolute Gasteiger partial charge is 1.00 e. The van der Waals surface area contributed by atoms with E-state index in [1.54, 1.807) is 18.2 Å². The van der Waals surface area contributed by atoms with E-state index in [-0.39, 0.29) is 23.9 Å². The van der Waals surface area contributed by atoms with Crippen molar-refractivity contribution in [2.75, 3.05) is 0 Å². The summed E-state index contributed by atoms with van der Waals surface area (Å²) in [6.45, 7) is 0. The molecule has 2 aromatic carbocycles. The van der Waals surface area contributed by atoms with Crippen LogP contribution in [0.5, 0.6) is 11.5 Å². The minimum atomic E-state index is 0. The maximum absolute atomic E-state index is 10.0. The van der Waals surface area contributed by atoms with Gasteiger partial charge in [-0.1, -0.05) is 18.2 Å². The first kappa shape index (κ1) is 16.3. The van der Waals surface area contributed by atoms with E-state index >= 15 is 0 Å². The standard InChI is InChI=1S/C20H16O3.ClH/c21-17-9-7-13(8-10-17)11-14-3-1-4-15-12-16-5-2-6-18(22)20(16)23-19(14)15;/h2,5-12H,1,3-4H2,(H-,21,22);1H/b14-11+;. The highest BCUT2D eigenvalue weighted by Gasteiger charge is 2.28. The quantitative estimate of drug-likeness (QED) is 0.666. The van der Waals surface area contributed by atoms with Crippen LogP contribution in [0.15, 0.2) is 52.9 Å². The molecule has 2 N–H and O–H groups in total. The average molecular weight is 341 g/mol. The Morgan fingerprint density at radius 3 is 2.54 bits per heavy atom. The van der Waals surface area contributed by atoms with Gasteiger partial charge in [0.2, 0.25) is 5.75 Å². The Balaban J connectivity index is 0.00000169. The second kappa shape index (κ2) is 6.54. The van der Waals surface area contributed by atoms with Crippen molar-refractivity contribution in [3.05, 3.63) is 65.4 Å². The molecule has 1 aromatic heterocycles. The van der Waals surface area contributed by atoms with Gasteiger partial charge in [-0.3, -0.25) is 0 Å². The molecule has 1 aliphatic rings. The van der Waals surface area contributed by atoms with Gasteiger partial charge in [0, 0.05) is 0 Å². The fourth-order valence-corrected chi connectivity index (χ4v) is 3.14. The summed E-state index contributed by atoms with van der Waals surface area (Å²) in [4.78, 5) is 0. The molecule has 0 fully saturated rings. The third-order valence-corrected chi connectivity index (χ3v) is 4.27. The van der Waals surface area contributed by atoms with Gasteiger partial charge in [-0.15, -0.1) is 0 Å². The number of aryl methyl sites for hydroxylation is 1. The SMILES string of the molecule is Oc1ccc(/C=C2\CCCc3cc4cccc(O)c4[o+]c32)cc1.[Cl-]. The zero-order chi connectivity index (χ0) is 15.8. The zero-order valence-corrected chi connectivity index (χ0v) is 13.8. The Labute approximate surface area is 146 Å². The minimum absolute atomic E-state index is 0. The molecule has 0 aliphatic heterocycles. The molecule has 1 heterocycles. The third kappa shape index (κ3) is 2.95. The van der Waals surface area contributed by atoms with Crippen LogP contribution in [-0.4, -0.2) is 10.2 Å². The molecule has 0 radical (unpaired) electrons. The van der Waals surface area contributed by atoms with E-state index in [1.807, 2.05) is 24.3 Å². The molecule has 0 saturated carbocycles. The molecule has 0 bridgehead atoms. The van der Waals surface area contributed by atoms with Crippen molar-refractivity contribution in [2.45, 2.75) is 19.3 Å². The summed E-state index contributed by atoms with van der Waals surface area (Å²) in [6.07, 6.45) is 5.09. The Kier molecular flexibility index (Phi) is 4.45. The Hall–Kier alpha value is -2.52. The van der Waals surface area contributed by atoms with Gasteiger partial charge in [0.1, 0.15) is 5.75 Å². The lowest BCUT2D eigenvalue weighted by Gasteiger charge is -2.11. The summed E-state index contributed by atoms with van der Waals surface area (Å²) < 4.78 is 6.06. The molecule has 122 valence electrons. The van der Waals surface area contributed by atoms with Gasteiger partial charge < -0.3 is 22.6 Å². The second-order valence-corrected chi connectivity index (χ2v) is 5.91. The molecule has 0 spiro atoms. The van der Waals surface area contributed by atoms with Crippen molar-refractivity contribution < 1.29 is 27.0 Å². The van der Waals surface area contributed by atoms with Crippen LogP contribution in [0, 0.1) is 0 Å². The van der Waals surface area contributed by atoms with E-state index in [4.69, 9.17) is 4.42 Å². The lowest BCUT2D eigenvalue weighted by atomic mass is 9.90. The van der Waals surface area contributed by atoms with E-state index in [1.165, 1.54) is 5.56 Å². The monoisotopic (exact) mass is 340 g/mol. The lowest BCUT2D eigenvalue weighted by molar-refractivity contribution is -0.00000685. The van der Waals surface area contributed by atoms with Crippen LogP contribution < -0.4 is 12.4 Å². The Morgan fingerprint density at radius 2 is 1.75 bits per heavy atom. The number of benzene rings is 2. The van der Waals surface area contributed by atoms with Crippen LogP contribution in [0.4, 0.5) is 0 Å². The van der Waals surface area contributed by atoms with Crippen molar-refractivity contribution in [1.29, 1.82) is 0 Å². The topological polar surface area (TPSA) is 51.8 Å². The Morgan fingerprint density at radius 1 is 0.958 bits per heavy atom. The van der Waals surface area contributed by atoms with Crippen molar-refractivity contribution in [1.82, 2.24) is 0 Å². The first-order chi connectivity index (χ1) is 11.2. The number of phenols is 2. The first-order valence-electron chi connectivity index (χ1n) is 7.78. The number of halogens is 1. The summed E-state index contributed by atoms with van der Waals surface area (Å²) in [6, 6.07) is 14.7. The third-order valence-electron chi connectivity index (χ3n) is 4.27. The second-order valence-electron chi connectivity index (χ2n) is 5.91. The molecular weight excluding hydrogens is 324 g/mol. The van der Waals surface area contributed by atoms with Crippen molar-refractivity contribution in [2.24, 2.45) is 0 Å². The minimum Gasteiger partial charge on any atom is -1.00 e. The lowest BCUT2D eigenvalue weighted by Crippen LogP contribution is -3.00. The number of hydrogen-bond acceptors (Lipinski definition) is 2. The fourth-order valence-electron chi connectivity index (χ4n) is 3.14. The molecule has 24 heavy (non-hydrogen) atoms. The number of rotatable bonds is 1. The molecule has 3 aromatic rings. The molecule has 4 rings (SSSR count). The van der Waals surface area contributed by atoms with E-state index < -0.39 is 0 Å². The maximum Gasteiger partial charge on any atom is 0.401 e. The van der Waals surface area contributed by atoms with E-state index in [9.17, 15) is 10.2 Å². The van der Waals surface area contributed by atoms with Gasteiger partial charge in [-0.05, 0) is 61.2 Å². The van der Waals surface area contributed by atoms with Crippen LogP contribution in [0.1, 0.15) is 29.7 Å². The number of aromatic hydroxyl groups is 2. The van der Waals surface area contributed by atoms with Gasteiger partial charge in [-0.2, -0.15) is 0 Å². The van der Waals surface area contributed by atoms with E-state index in [0.29, 0.717) is 5.58 Å². The molecule has 3 nitrogen and oxygen atoms in total. The Bertz CT molecular complexity index is 914. The van der Waals surface area contributed by atoms with Crippen LogP contribution >= 0.6 is 0 Å². The fraction of sp³-hybridized carbons (Fsp3) is 0.150. The summed E-state index contributed by atoms with van der Waals surface area (Å²) in [7, 11) is 0. The number of hydrogen-bond donors (Lipinski definition) is 2.